The SMILES string of the molecule is COc1cc(OC)c(NCc2ccc(O)c(Cl)c2)cc1Cl. The van der Waals surface area contributed by atoms with Crippen molar-refractivity contribution in [2.45, 2.75) is 6.54 Å². The summed E-state index contributed by atoms with van der Waals surface area (Å²) in [5, 5.41) is 13.4. The molecule has 21 heavy (non-hydrogen) atoms. The molecule has 2 N–H and O–H groups in total. The Morgan fingerprint density at radius 1 is 1.00 bits per heavy atom. The first-order valence-electron chi connectivity index (χ1n) is 6.18. The zero-order valence-corrected chi connectivity index (χ0v) is 13.1. The van der Waals surface area contributed by atoms with E-state index in [-0.39, 0.29) is 5.75 Å². The van der Waals surface area contributed by atoms with E-state index in [1.165, 1.54) is 0 Å². The highest BCUT2D eigenvalue weighted by atomic mass is 35.5. The van der Waals surface area contributed by atoms with Gasteiger partial charge in [-0.25, -0.2) is 0 Å². The fourth-order valence-corrected chi connectivity index (χ4v) is 2.30. The molecule has 0 heterocycles. The van der Waals surface area contributed by atoms with Crippen molar-refractivity contribution in [2.75, 3.05) is 19.5 Å². The van der Waals surface area contributed by atoms with Gasteiger partial charge in [-0.05, 0) is 23.8 Å². The third kappa shape index (κ3) is 3.65. The molecule has 0 aromatic heterocycles. The molecule has 0 saturated heterocycles. The summed E-state index contributed by atoms with van der Waals surface area (Å²) < 4.78 is 10.5. The molecule has 0 aliphatic carbocycles. The maximum Gasteiger partial charge on any atom is 0.145 e. The van der Waals surface area contributed by atoms with Crippen molar-refractivity contribution in [2.24, 2.45) is 0 Å². The lowest BCUT2D eigenvalue weighted by Crippen LogP contribution is -2.02. The maximum absolute atomic E-state index is 9.40. The van der Waals surface area contributed by atoms with Gasteiger partial charge in [-0.3, -0.25) is 0 Å². The van der Waals surface area contributed by atoms with Gasteiger partial charge in [-0.15, -0.1) is 0 Å². The van der Waals surface area contributed by atoms with E-state index >= 15 is 0 Å². The molecular formula is C15H15Cl2NO3. The van der Waals surface area contributed by atoms with Crippen LogP contribution in [-0.4, -0.2) is 19.3 Å². The van der Waals surface area contributed by atoms with Crippen LogP contribution in [0.25, 0.3) is 0 Å². The summed E-state index contributed by atoms with van der Waals surface area (Å²) in [5.41, 5.74) is 1.67. The molecule has 0 unspecified atom stereocenters. The Kier molecular flexibility index (Phi) is 5.04. The van der Waals surface area contributed by atoms with E-state index in [0.717, 1.165) is 11.3 Å². The predicted molar refractivity (Wildman–Crippen MR) is 85.0 cm³/mol. The van der Waals surface area contributed by atoms with E-state index in [4.69, 9.17) is 32.7 Å². The Labute approximate surface area is 133 Å². The van der Waals surface area contributed by atoms with E-state index in [1.807, 2.05) is 0 Å². The summed E-state index contributed by atoms with van der Waals surface area (Å²) in [6, 6.07) is 8.49. The third-order valence-corrected chi connectivity index (χ3v) is 3.57. The molecule has 0 saturated carbocycles. The third-order valence-electron chi connectivity index (χ3n) is 2.97. The number of hydrogen-bond acceptors (Lipinski definition) is 4. The lowest BCUT2D eigenvalue weighted by molar-refractivity contribution is 0.395. The normalized spacial score (nSPS) is 10.3. The number of methoxy groups -OCH3 is 2. The van der Waals surface area contributed by atoms with Gasteiger partial charge in [0.2, 0.25) is 0 Å². The van der Waals surface area contributed by atoms with Crippen molar-refractivity contribution in [1.29, 1.82) is 0 Å². The second kappa shape index (κ2) is 6.78. The molecule has 0 bridgehead atoms. The standard InChI is InChI=1S/C15H15Cl2NO3/c1-20-14-7-15(21-2)12(6-11(14)17)18-8-9-3-4-13(19)10(16)5-9/h3-7,18-19H,8H2,1-2H3. The highest BCUT2D eigenvalue weighted by Gasteiger charge is 2.10. The van der Waals surface area contributed by atoms with Gasteiger partial charge in [0, 0.05) is 12.6 Å². The molecule has 2 rings (SSSR count). The van der Waals surface area contributed by atoms with Crippen LogP contribution < -0.4 is 14.8 Å². The summed E-state index contributed by atoms with van der Waals surface area (Å²) in [6.45, 7) is 0.513. The van der Waals surface area contributed by atoms with Gasteiger partial charge in [0.1, 0.15) is 17.2 Å². The Morgan fingerprint density at radius 3 is 2.33 bits per heavy atom. The predicted octanol–water partition coefficient (Wildman–Crippen LogP) is 4.33. The minimum atomic E-state index is 0.0606. The number of anilines is 1. The molecule has 6 heteroatoms. The summed E-state index contributed by atoms with van der Waals surface area (Å²) in [5.74, 6) is 1.23. The molecule has 0 spiro atoms. The molecule has 0 amide bonds. The number of aromatic hydroxyl groups is 1. The lowest BCUT2D eigenvalue weighted by atomic mass is 10.2. The Balaban J connectivity index is 2.19. The zero-order valence-electron chi connectivity index (χ0n) is 11.6. The summed E-state index contributed by atoms with van der Waals surface area (Å²) in [7, 11) is 3.12. The van der Waals surface area contributed by atoms with Gasteiger partial charge in [0.15, 0.2) is 0 Å². The second-order valence-electron chi connectivity index (χ2n) is 4.33. The molecule has 0 fully saturated rings. The lowest BCUT2D eigenvalue weighted by Gasteiger charge is -2.14. The molecule has 0 aliphatic rings. The van der Waals surface area contributed by atoms with E-state index in [0.29, 0.717) is 28.1 Å². The van der Waals surface area contributed by atoms with Gasteiger partial charge >= 0.3 is 0 Å². The Morgan fingerprint density at radius 2 is 1.71 bits per heavy atom. The van der Waals surface area contributed by atoms with Crippen molar-refractivity contribution in [3.8, 4) is 17.2 Å². The molecule has 112 valence electrons. The highest BCUT2D eigenvalue weighted by Crippen LogP contribution is 2.36. The van der Waals surface area contributed by atoms with Crippen LogP contribution in [0.15, 0.2) is 30.3 Å². The number of benzene rings is 2. The quantitative estimate of drug-likeness (QED) is 0.858. The van der Waals surface area contributed by atoms with Crippen LogP contribution in [0.3, 0.4) is 0 Å². The van der Waals surface area contributed by atoms with Gasteiger partial charge < -0.3 is 19.9 Å². The van der Waals surface area contributed by atoms with Gasteiger partial charge in [-0.2, -0.15) is 0 Å². The molecule has 0 radical (unpaired) electrons. The van der Waals surface area contributed by atoms with E-state index in [9.17, 15) is 5.11 Å². The second-order valence-corrected chi connectivity index (χ2v) is 5.14. The highest BCUT2D eigenvalue weighted by molar-refractivity contribution is 6.32. The van der Waals surface area contributed by atoms with Crippen LogP contribution in [0, 0.1) is 0 Å². The molecular weight excluding hydrogens is 313 g/mol. The van der Waals surface area contributed by atoms with Gasteiger partial charge in [-0.1, -0.05) is 29.3 Å². The molecule has 0 atom stereocenters. The van der Waals surface area contributed by atoms with Crippen LogP contribution in [0.1, 0.15) is 5.56 Å². The van der Waals surface area contributed by atoms with Crippen LogP contribution >= 0.6 is 23.2 Å². The molecule has 0 aliphatic heterocycles. The van der Waals surface area contributed by atoms with Crippen LogP contribution in [0.4, 0.5) is 5.69 Å². The van der Waals surface area contributed by atoms with E-state index in [1.54, 1.807) is 44.6 Å². The van der Waals surface area contributed by atoms with Gasteiger partial charge in [0.05, 0.1) is 30.0 Å². The number of halogens is 2. The molecule has 2 aromatic rings. The maximum atomic E-state index is 9.40. The fraction of sp³-hybridized carbons (Fsp3) is 0.200. The monoisotopic (exact) mass is 327 g/mol. The first kappa shape index (κ1) is 15.6. The van der Waals surface area contributed by atoms with Crippen molar-refractivity contribution in [3.05, 3.63) is 45.9 Å². The number of phenols is 1. The topological polar surface area (TPSA) is 50.7 Å². The number of nitrogens with one attached hydrogen (secondary N) is 1. The minimum Gasteiger partial charge on any atom is -0.506 e. The van der Waals surface area contributed by atoms with Crippen molar-refractivity contribution >= 4 is 28.9 Å². The number of ether oxygens (including phenoxy) is 2. The van der Waals surface area contributed by atoms with Crippen molar-refractivity contribution in [1.82, 2.24) is 0 Å². The van der Waals surface area contributed by atoms with Crippen LogP contribution in [0.5, 0.6) is 17.2 Å². The Hall–Kier alpha value is -1.78. The average molecular weight is 328 g/mol. The average Bonchev–Trinajstić information content (AvgIpc) is 2.48. The van der Waals surface area contributed by atoms with Crippen LogP contribution in [0.2, 0.25) is 10.0 Å². The first-order chi connectivity index (χ1) is 10.0. The van der Waals surface area contributed by atoms with Crippen molar-refractivity contribution < 1.29 is 14.6 Å². The Bertz CT molecular complexity index is 647. The summed E-state index contributed by atoms with van der Waals surface area (Å²) in [6.07, 6.45) is 0. The summed E-state index contributed by atoms with van der Waals surface area (Å²) in [4.78, 5) is 0. The molecule has 4 nitrogen and oxygen atoms in total. The number of phenolic OH excluding ortho intramolecular Hbond substituents is 1. The van der Waals surface area contributed by atoms with Gasteiger partial charge in [0.25, 0.3) is 0 Å². The van der Waals surface area contributed by atoms with Crippen LogP contribution in [-0.2, 0) is 6.54 Å². The largest absolute Gasteiger partial charge is 0.506 e. The van der Waals surface area contributed by atoms with Crippen molar-refractivity contribution in [3.63, 3.8) is 0 Å². The smallest absolute Gasteiger partial charge is 0.145 e. The molecule has 2 aromatic carbocycles. The first-order valence-corrected chi connectivity index (χ1v) is 6.93. The number of rotatable bonds is 5. The summed E-state index contributed by atoms with van der Waals surface area (Å²) >= 11 is 12.0. The van der Waals surface area contributed by atoms with E-state index < -0.39 is 0 Å². The number of hydrogen-bond donors (Lipinski definition) is 2. The van der Waals surface area contributed by atoms with E-state index in [2.05, 4.69) is 5.32 Å². The zero-order chi connectivity index (χ0) is 15.4. The fourth-order valence-electron chi connectivity index (χ4n) is 1.86. The minimum absolute atomic E-state index is 0.0606.